The minimum absolute atomic E-state index is 0.540. The van der Waals surface area contributed by atoms with Crippen LogP contribution in [0.4, 0.5) is 16.6 Å². The van der Waals surface area contributed by atoms with Crippen LogP contribution in [0.2, 0.25) is 0 Å². The number of rotatable bonds is 3. The highest BCUT2D eigenvalue weighted by Gasteiger charge is 2.19. The highest BCUT2D eigenvalue weighted by atomic mass is 16.6. The van der Waals surface area contributed by atoms with Gasteiger partial charge in [-0.25, -0.2) is 14.7 Å². The SMILES string of the molecule is CC(C)(C)OC(=O)NNc1nc(N2CCCC2)nn2cccc12. The summed E-state index contributed by atoms with van der Waals surface area (Å²) in [5.74, 6) is 1.19. The van der Waals surface area contributed by atoms with Crippen LogP contribution in [0, 0.1) is 0 Å². The Labute approximate surface area is 134 Å². The molecule has 0 bridgehead atoms. The maximum absolute atomic E-state index is 11.8. The summed E-state index contributed by atoms with van der Waals surface area (Å²) in [4.78, 5) is 18.5. The predicted octanol–water partition coefficient (Wildman–Crippen LogP) is 2.18. The molecule has 124 valence electrons. The van der Waals surface area contributed by atoms with Crippen LogP contribution in [0.5, 0.6) is 0 Å². The molecule has 2 N–H and O–H groups in total. The van der Waals surface area contributed by atoms with Gasteiger partial charge in [-0.15, -0.1) is 5.10 Å². The van der Waals surface area contributed by atoms with Crippen molar-refractivity contribution < 1.29 is 9.53 Å². The second kappa shape index (κ2) is 5.94. The van der Waals surface area contributed by atoms with Gasteiger partial charge in [-0.2, -0.15) is 4.98 Å². The number of nitrogens with one attached hydrogen (secondary N) is 2. The van der Waals surface area contributed by atoms with Gasteiger partial charge in [-0.05, 0) is 45.7 Å². The van der Waals surface area contributed by atoms with Gasteiger partial charge in [0.1, 0.15) is 11.1 Å². The summed E-state index contributed by atoms with van der Waals surface area (Å²) in [6, 6.07) is 3.77. The van der Waals surface area contributed by atoms with Gasteiger partial charge >= 0.3 is 6.09 Å². The lowest BCUT2D eigenvalue weighted by Crippen LogP contribution is -2.36. The summed E-state index contributed by atoms with van der Waals surface area (Å²) in [7, 11) is 0. The molecule has 2 aromatic rings. The topological polar surface area (TPSA) is 83.8 Å². The molecule has 1 amide bonds. The number of amides is 1. The van der Waals surface area contributed by atoms with E-state index in [0.29, 0.717) is 11.8 Å². The van der Waals surface area contributed by atoms with Gasteiger partial charge in [-0.1, -0.05) is 0 Å². The van der Waals surface area contributed by atoms with Gasteiger partial charge in [0.2, 0.25) is 5.95 Å². The molecule has 1 saturated heterocycles. The minimum Gasteiger partial charge on any atom is -0.443 e. The Bertz CT molecular complexity index is 700. The molecule has 0 atom stereocenters. The van der Waals surface area contributed by atoms with Crippen LogP contribution >= 0.6 is 0 Å². The fourth-order valence-corrected chi connectivity index (χ4v) is 2.48. The number of hydrogen-bond acceptors (Lipinski definition) is 6. The van der Waals surface area contributed by atoms with Crippen molar-refractivity contribution in [2.45, 2.75) is 39.2 Å². The molecule has 1 aliphatic rings. The molecule has 3 heterocycles. The fraction of sp³-hybridized carbons (Fsp3) is 0.533. The Hall–Kier alpha value is -2.51. The predicted molar refractivity (Wildman–Crippen MR) is 87.4 cm³/mol. The first-order chi connectivity index (χ1) is 10.9. The molecule has 3 rings (SSSR count). The molecule has 0 spiro atoms. The van der Waals surface area contributed by atoms with Crippen molar-refractivity contribution in [3.05, 3.63) is 18.3 Å². The molecule has 8 nitrogen and oxygen atoms in total. The molecule has 8 heteroatoms. The van der Waals surface area contributed by atoms with Crippen molar-refractivity contribution in [1.82, 2.24) is 20.0 Å². The van der Waals surface area contributed by atoms with E-state index in [1.54, 1.807) is 4.52 Å². The van der Waals surface area contributed by atoms with Gasteiger partial charge in [-0.3, -0.25) is 5.43 Å². The highest BCUT2D eigenvalue weighted by Crippen LogP contribution is 2.20. The van der Waals surface area contributed by atoms with Gasteiger partial charge in [0.25, 0.3) is 0 Å². The van der Waals surface area contributed by atoms with E-state index in [4.69, 9.17) is 4.74 Å². The lowest BCUT2D eigenvalue weighted by molar-refractivity contribution is 0.0541. The first kappa shape index (κ1) is 15.4. The van der Waals surface area contributed by atoms with Crippen molar-refractivity contribution in [3.8, 4) is 0 Å². The lowest BCUT2D eigenvalue weighted by atomic mass is 10.2. The maximum atomic E-state index is 11.8. The monoisotopic (exact) mass is 318 g/mol. The van der Waals surface area contributed by atoms with Crippen LogP contribution in [-0.2, 0) is 4.74 Å². The number of carbonyl (C=O) groups is 1. The van der Waals surface area contributed by atoms with Crippen LogP contribution in [-0.4, -0.2) is 39.4 Å². The molecule has 0 aliphatic carbocycles. The molecule has 1 aliphatic heterocycles. The van der Waals surface area contributed by atoms with Crippen LogP contribution in [0.15, 0.2) is 18.3 Å². The maximum Gasteiger partial charge on any atom is 0.426 e. The lowest BCUT2D eigenvalue weighted by Gasteiger charge is -2.20. The van der Waals surface area contributed by atoms with Gasteiger partial charge in [0.05, 0.1) is 0 Å². The van der Waals surface area contributed by atoms with E-state index < -0.39 is 11.7 Å². The minimum atomic E-state index is -0.553. The van der Waals surface area contributed by atoms with Crippen molar-refractivity contribution in [1.29, 1.82) is 0 Å². The highest BCUT2D eigenvalue weighted by molar-refractivity contribution is 5.74. The fourth-order valence-electron chi connectivity index (χ4n) is 2.48. The van der Waals surface area contributed by atoms with E-state index in [9.17, 15) is 4.79 Å². The van der Waals surface area contributed by atoms with Crippen molar-refractivity contribution in [3.63, 3.8) is 0 Å². The largest absolute Gasteiger partial charge is 0.443 e. The Morgan fingerprint density at radius 2 is 2.04 bits per heavy atom. The molecular formula is C15H22N6O2. The van der Waals surface area contributed by atoms with Gasteiger partial charge in [0.15, 0.2) is 5.82 Å². The summed E-state index contributed by atoms with van der Waals surface area (Å²) >= 11 is 0. The summed E-state index contributed by atoms with van der Waals surface area (Å²) in [6.45, 7) is 7.34. The molecule has 1 fully saturated rings. The second-order valence-corrected chi connectivity index (χ2v) is 6.54. The molecule has 0 radical (unpaired) electrons. The molecule has 0 saturated carbocycles. The standard InChI is InChI=1S/C15H22N6O2/c1-15(2,3)23-14(22)18-17-12-11-7-6-10-21(11)19-13(16-12)20-8-4-5-9-20/h6-7,10H,4-5,8-9H2,1-3H3,(H,18,22)(H,16,17,19). The van der Waals surface area contributed by atoms with E-state index in [2.05, 4.69) is 25.8 Å². The van der Waals surface area contributed by atoms with E-state index in [1.165, 1.54) is 0 Å². The van der Waals surface area contributed by atoms with Crippen molar-refractivity contribution in [2.24, 2.45) is 0 Å². The molecule has 2 aromatic heterocycles. The summed E-state index contributed by atoms with van der Waals surface area (Å²) in [5, 5.41) is 4.51. The number of nitrogens with zero attached hydrogens (tertiary/aromatic N) is 4. The third kappa shape index (κ3) is 3.64. The molecule has 0 unspecified atom stereocenters. The van der Waals surface area contributed by atoms with E-state index in [0.717, 1.165) is 31.4 Å². The average Bonchev–Trinajstić information content (AvgIpc) is 3.13. The van der Waals surface area contributed by atoms with Crippen LogP contribution in [0.3, 0.4) is 0 Å². The van der Waals surface area contributed by atoms with Crippen LogP contribution in [0.25, 0.3) is 5.52 Å². The van der Waals surface area contributed by atoms with E-state index in [-0.39, 0.29) is 0 Å². The number of aromatic nitrogens is 3. The van der Waals surface area contributed by atoms with Crippen molar-refractivity contribution in [2.75, 3.05) is 23.4 Å². The number of fused-ring (bicyclic) bond motifs is 1. The zero-order chi connectivity index (χ0) is 16.4. The summed E-state index contributed by atoms with van der Waals surface area (Å²) < 4.78 is 6.96. The van der Waals surface area contributed by atoms with Gasteiger partial charge < -0.3 is 9.64 Å². The van der Waals surface area contributed by atoms with Crippen molar-refractivity contribution >= 4 is 23.4 Å². The normalized spacial score (nSPS) is 15.0. The third-order valence-corrected chi connectivity index (χ3v) is 3.45. The smallest absolute Gasteiger partial charge is 0.426 e. The number of ether oxygens (including phenoxy) is 1. The van der Waals surface area contributed by atoms with Gasteiger partial charge in [0, 0.05) is 19.3 Å². The quantitative estimate of drug-likeness (QED) is 0.844. The van der Waals surface area contributed by atoms with E-state index >= 15 is 0 Å². The number of carbonyl (C=O) groups excluding carboxylic acids is 1. The number of hydrogen-bond donors (Lipinski definition) is 2. The first-order valence-electron chi connectivity index (χ1n) is 7.78. The Balaban J connectivity index is 1.78. The Morgan fingerprint density at radius 1 is 1.30 bits per heavy atom. The molecule has 23 heavy (non-hydrogen) atoms. The number of hydrazine groups is 1. The molecular weight excluding hydrogens is 296 g/mol. The average molecular weight is 318 g/mol. The summed E-state index contributed by atoms with van der Waals surface area (Å²) in [6.07, 6.45) is 3.59. The van der Waals surface area contributed by atoms with Crippen LogP contribution < -0.4 is 15.8 Å². The Kier molecular flexibility index (Phi) is 3.97. The Morgan fingerprint density at radius 3 is 2.74 bits per heavy atom. The zero-order valence-electron chi connectivity index (χ0n) is 13.7. The second-order valence-electron chi connectivity index (χ2n) is 6.54. The first-order valence-corrected chi connectivity index (χ1v) is 7.78. The van der Waals surface area contributed by atoms with E-state index in [1.807, 2.05) is 39.1 Å². The zero-order valence-corrected chi connectivity index (χ0v) is 13.7. The number of anilines is 2. The summed E-state index contributed by atoms with van der Waals surface area (Å²) in [5.41, 5.74) is 5.59. The van der Waals surface area contributed by atoms with Crippen LogP contribution in [0.1, 0.15) is 33.6 Å². The molecule has 0 aromatic carbocycles. The third-order valence-electron chi connectivity index (χ3n) is 3.45.